The van der Waals surface area contributed by atoms with E-state index in [4.69, 9.17) is 0 Å². The smallest absolute Gasteiger partial charge is 0.322 e. The lowest BCUT2D eigenvalue weighted by Gasteiger charge is -2.58. The molecule has 2 heterocycles. The summed E-state index contributed by atoms with van der Waals surface area (Å²) in [4.78, 5) is 28.4. The number of aliphatic hydroxyl groups is 1. The Bertz CT molecular complexity index is 891. The highest BCUT2D eigenvalue weighted by Crippen LogP contribution is 2.43. The average molecular weight is 448 g/mol. The average Bonchev–Trinajstić information content (AvgIpc) is 2.66. The molecule has 0 bridgehead atoms. The van der Waals surface area contributed by atoms with Gasteiger partial charge in [0.25, 0.3) is 0 Å². The van der Waals surface area contributed by atoms with Crippen molar-refractivity contribution in [1.29, 1.82) is 0 Å². The molecule has 0 radical (unpaired) electrons. The van der Waals surface area contributed by atoms with Crippen molar-refractivity contribution in [3.05, 3.63) is 64.4 Å². The first kappa shape index (κ1) is 18.9. The van der Waals surface area contributed by atoms with E-state index in [9.17, 15) is 19.1 Å². The van der Waals surface area contributed by atoms with Crippen molar-refractivity contribution >= 4 is 33.6 Å². The molecule has 3 amide bonds. The number of halogens is 2. The Kier molecular flexibility index (Phi) is 5.07. The Labute approximate surface area is 170 Å². The maximum Gasteiger partial charge on any atom is 0.322 e. The molecule has 2 aliphatic rings. The summed E-state index contributed by atoms with van der Waals surface area (Å²) >= 11 is 3.41. The predicted molar refractivity (Wildman–Crippen MR) is 105 cm³/mol. The largest absolute Gasteiger partial charge is 0.394 e. The van der Waals surface area contributed by atoms with Crippen LogP contribution in [0.1, 0.15) is 11.5 Å². The van der Waals surface area contributed by atoms with E-state index in [-0.39, 0.29) is 42.9 Å². The zero-order valence-corrected chi connectivity index (χ0v) is 16.5. The SMILES string of the molecule is O=C(Nc1ccc(F)cc1)N1CC(=O)N2[C@@H](CO)[C@H](c3ccc(Br)cc3)[C@@H]2C1. The van der Waals surface area contributed by atoms with Crippen LogP contribution in [0, 0.1) is 5.82 Å². The third-order valence-corrected chi connectivity index (χ3v) is 5.92. The Morgan fingerprint density at radius 3 is 2.50 bits per heavy atom. The van der Waals surface area contributed by atoms with Crippen molar-refractivity contribution in [3.8, 4) is 0 Å². The lowest BCUT2D eigenvalue weighted by molar-refractivity contribution is -0.159. The summed E-state index contributed by atoms with van der Waals surface area (Å²) in [6.45, 7) is 0.202. The molecule has 28 heavy (non-hydrogen) atoms. The topological polar surface area (TPSA) is 72.9 Å². The summed E-state index contributed by atoms with van der Waals surface area (Å²) in [6.07, 6.45) is 0. The van der Waals surface area contributed by atoms with Crippen molar-refractivity contribution < 1.29 is 19.1 Å². The number of urea groups is 1. The number of aliphatic hydroxyl groups excluding tert-OH is 1. The quantitative estimate of drug-likeness (QED) is 0.759. The van der Waals surface area contributed by atoms with Gasteiger partial charge in [0.2, 0.25) is 5.91 Å². The zero-order valence-electron chi connectivity index (χ0n) is 14.9. The maximum atomic E-state index is 13.0. The molecule has 2 aromatic carbocycles. The minimum Gasteiger partial charge on any atom is -0.394 e. The number of carbonyl (C=O) groups is 2. The van der Waals surface area contributed by atoms with E-state index in [0.717, 1.165) is 10.0 Å². The molecule has 146 valence electrons. The van der Waals surface area contributed by atoms with Crippen LogP contribution in [0.15, 0.2) is 53.0 Å². The molecule has 3 atom stereocenters. The van der Waals surface area contributed by atoms with Crippen molar-refractivity contribution in [1.82, 2.24) is 9.80 Å². The van der Waals surface area contributed by atoms with Gasteiger partial charge in [0.05, 0.1) is 18.7 Å². The van der Waals surface area contributed by atoms with E-state index in [2.05, 4.69) is 21.2 Å². The van der Waals surface area contributed by atoms with Crippen LogP contribution in [-0.2, 0) is 4.79 Å². The van der Waals surface area contributed by atoms with Gasteiger partial charge in [-0.3, -0.25) is 4.79 Å². The Hall–Kier alpha value is -2.45. The van der Waals surface area contributed by atoms with Crippen LogP contribution in [-0.4, -0.2) is 58.6 Å². The van der Waals surface area contributed by atoms with Crippen LogP contribution in [0.4, 0.5) is 14.9 Å². The number of benzene rings is 2. The van der Waals surface area contributed by atoms with Crippen LogP contribution >= 0.6 is 15.9 Å². The van der Waals surface area contributed by atoms with E-state index >= 15 is 0 Å². The summed E-state index contributed by atoms with van der Waals surface area (Å²) in [5.74, 6) is -0.606. The summed E-state index contributed by atoms with van der Waals surface area (Å²) in [6, 6.07) is 12.4. The normalized spacial score (nSPS) is 23.8. The fourth-order valence-electron chi connectivity index (χ4n) is 4.07. The first-order valence-electron chi connectivity index (χ1n) is 8.97. The standard InChI is InChI=1S/C20H19BrFN3O3/c21-13-3-1-12(2-4-13)19-16-9-24(10-18(27)25(16)17(19)11-26)20(28)23-15-7-5-14(22)6-8-15/h1-8,16-17,19,26H,9-11H2,(H,23,28)/t16-,17-,19+/m0/s1. The van der Waals surface area contributed by atoms with Crippen LogP contribution in [0.3, 0.4) is 0 Å². The predicted octanol–water partition coefficient (Wildman–Crippen LogP) is 2.79. The first-order valence-corrected chi connectivity index (χ1v) is 9.76. The summed E-state index contributed by atoms with van der Waals surface area (Å²) in [5, 5.41) is 12.5. The minimum atomic E-state index is -0.401. The fourth-order valence-corrected chi connectivity index (χ4v) is 4.34. The Balaban J connectivity index is 1.51. The Morgan fingerprint density at radius 2 is 1.86 bits per heavy atom. The number of rotatable bonds is 3. The second-order valence-electron chi connectivity index (χ2n) is 7.01. The molecule has 8 heteroatoms. The van der Waals surface area contributed by atoms with E-state index < -0.39 is 6.03 Å². The molecule has 6 nitrogen and oxygen atoms in total. The fraction of sp³-hybridized carbons (Fsp3) is 0.300. The number of nitrogens with zero attached hydrogens (tertiary/aromatic N) is 2. The molecule has 4 rings (SSSR count). The van der Waals surface area contributed by atoms with Gasteiger partial charge < -0.3 is 20.2 Å². The summed E-state index contributed by atoms with van der Waals surface area (Å²) in [5.41, 5.74) is 1.49. The van der Waals surface area contributed by atoms with Gasteiger partial charge in [-0.1, -0.05) is 28.1 Å². The van der Waals surface area contributed by atoms with Gasteiger partial charge >= 0.3 is 6.03 Å². The number of anilines is 1. The second kappa shape index (κ2) is 7.52. The monoisotopic (exact) mass is 447 g/mol. The summed E-state index contributed by atoms with van der Waals surface area (Å²) < 4.78 is 14.0. The van der Waals surface area contributed by atoms with Crippen LogP contribution < -0.4 is 5.32 Å². The van der Waals surface area contributed by atoms with Gasteiger partial charge in [-0.25, -0.2) is 9.18 Å². The number of nitrogens with one attached hydrogen (secondary N) is 1. The first-order chi connectivity index (χ1) is 13.5. The molecule has 0 spiro atoms. The minimum absolute atomic E-state index is 0.0385. The number of hydrogen-bond acceptors (Lipinski definition) is 3. The van der Waals surface area contributed by atoms with Crippen molar-refractivity contribution in [2.75, 3.05) is 25.0 Å². The second-order valence-corrected chi connectivity index (χ2v) is 7.93. The third kappa shape index (κ3) is 3.38. The molecule has 2 aliphatic heterocycles. The highest BCUT2D eigenvalue weighted by molar-refractivity contribution is 9.10. The van der Waals surface area contributed by atoms with Crippen molar-refractivity contribution in [3.63, 3.8) is 0 Å². The van der Waals surface area contributed by atoms with Gasteiger partial charge in [0.15, 0.2) is 0 Å². The molecule has 0 aromatic heterocycles. The molecular formula is C20H19BrFN3O3. The number of hydrogen-bond donors (Lipinski definition) is 2. The van der Waals surface area contributed by atoms with E-state index in [1.54, 1.807) is 4.90 Å². The van der Waals surface area contributed by atoms with Gasteiger partial charge in [-0.2, -0.15) is 0 Å². The lowest BCUT2D eigenvalue weighted by atomic mass is 9.74. The lowest BCUT2D eigenvalue weighted by Crippen LogP contribution is -2.73. The van der Waals surface area contributed by atoms with Gasteiger partial charge in [0, 0.05) is 22.6 Å². The van der Waals surface area contributed by atoms with E-state index in [1.807, 2.05) is 24.3 Å². The molecule has 2 N–H and O–H groups in total. The van der Waals surface area contributed by atoms with Gasteiger partial charge in [0.1, 0.15) is 12.4 Å². The summed E-state index contributed by atoms with van der Waals surface area (Å²) in [7, 11) is 0. The number of piperazine rings is 1. The highest BCUT2D eigenvalue weighted by Gasteiger charge is 2.54. The Morgan fingerprint density at radius 1 is 1.18 bits per heavy atom. The highest BCUT2D eigenvalue weighted by atomic mass is 79.9. The molecular weight excluding hydrogens is 429 g/mol. The van der Waals surface area contributed by atoms with Crippen molar-refractivity contribution in [2.24, 2.45) is 0 Å². The molecule has 2 fully saturated rings. The van der Waals surface area contributed by atoms with E-state index in [1.165, 1.54) is 29.2 Å². The van der Waals surface area contributed by atoms with Gasteiger partial charge in [-0.05, 0) is 42.0 Å². The van der Waals surface area contributed by atoms with Crippen LogP contribution in [0.2, 0.25) is 0 Å². The number of amides is 3. The molecule has 0 saturated carbocycles. The van der Waals surface area contributed by atoms with Crippen molar-refractivity contribution in [2.45, 2.75) is 18.0 Å². The maximum absolute atomic E-state index is 13.0. The van der Waals surface area contributed by atoms with Gasteiger partial charge in [-0.15, -0.1) is 0 Å². The zero-order chi connectivity index (χ0) is 19.8. The molecule has 2 saturated heterocycles. The number of fused-ring (bicyclic) bond motifs is 1. The van der Waals surface area contributed by atoms with Crippen LogP contribution in [0.5, 0.6) is 0 Å². The third-order valence-electron chi connectivity index (χ3n) is 5.39. The van der Waals surface area contributed by atoms with Crippen LogP contribution in [0.25, 0.3) is 0 Å². The number of carbonyl (C=O) groups excluding carboxylic acids is 2. The molecule has 0 aliphatic carbocycles. The van der Waals surface area contributed by atoms with E-state index in [0.29, 0.717) is 12.2 Å². The molecule has 2 aromatic rings. The molecule has 0 unspecified atom stereocenters.